The number of nitrogens with zero attached hydrogens (tertiary/aromatic N) is 3. The molecule has 128 valence electrons. The lowest BCUT2D eigenvalue weighted by atomic mass is 9.92. The minimum atomic E-state index is -1.07. The number of aryl methyl sites for hydroxylation is 1. The van der Waals surface area contributed by atoms with Crippen molar-refractivity contribution in [3.05, 3.63) is 10.6 Å². The predicted molar refractivity (Wildman–Crippen MR) is 86.1 cm³/mol. The number of rotatable bonds is 4. The van der Waals surface area contributed by atoms with Crippen LogP contribution in [0.2, 0.25) is 0 Å². The Morgan fingerprint density at radius 3 is 2.70 bits per heavy atom. The van der Waals surface area contributed by atoms with Gasteiger partial charge in [-0.05, 0) is 23.9 Å². The Balaban J connectivity index is 1.98. The quantitative estimate of drug-likeness (QED) is 0.907. The monoisotopic (exact) mass is 342 g/mol. The van der Waals surface area contributed by atoms with E-state index in [1.807, 2.05) is 20.8 Å². The van der Waals surface area contributed by atoms with Crippen LogP contribution in [-0.2, 0) is 4.79 Å². The van der Waals surface area contributed by atoms with Crippen molar-refractivity contribution in [2.45, 2.75) is 52.8 Å². The van der Waals surface area contributed by atoms with Gasteiger partial charge < -0.3 is 10.2 Å². The van der Waals surface area contributed by atoms with Gasteiger partial charge in [0.1, 0.15) is 11.0 Å². The molecule has 1 N–H and O–H groups in total. The van der Waals surface area contributed by atoms with E-state index in [9.17, 15) is 14.0 Å². The molecule has 1 aliphatic rings. The summed E-state index contributed by atoms with van der Waals surface area (Å²) in [6.45, 7) is 7.97. The maximum Gasteiger partial charge on any atom is 0.267 e. The first-order valence-electron chi connectivity index (χ1n) is 7.68. The van der Waals surface area contributed by atoms with Crippen LogP contribution in [0, 0.1) is 12.3 Å². The molecule has 0 radical (unpaired) electrons. The molecule has 2 heterocycles. The molecule has 23 heavy (non-hydrogen) atoms. The zero-order chi connectivity index (χ0) is 17.2. The van der Waals surface area contributed by atoms with Crippen molar-refractivity contribution in [2.75, 3.05) is 13.1 Å². The lowest BCUT2D eigenvalue weighted by Gasteiger charge is -2.25. The van der Waals surface area contributed by atoms with Gasteiger partial charge in [0.15, 0.2) is 0 Å². The van der Waals surface area contributed by atoms with Gasteiger partial charge in [0.25, 0.3) is 5.91 Å². The summed E-state index contributed by atoms with van der Waals surface area (Å²) in [6, 6.07) is -0.331. The van der Waals surface area contributed by atoms with Crippen molar-refractivity contribution in [2.24, 2.45) is 5.41 Å². The second-order valence-electron chi connectivity index (χ2n) is 7.17. The van der Waals surface area contributed by atoms with Crippen LogP contribution < -0.4 is 5.32 Å². The Hall–Kier alpha value is -1.57. The normalized spacial score (nSPS) is 21.5. The van der Waals surface area contributed by atoms with Crippen molar-refractivity contribution >= 4 is 23.3 Å². The Morgan fingerprint density at radius 1 is 1.43 bits per heavy atom. The minimum Gasteiger partial charge on any atom is -0.354 e. The van der Waals surface area contributed by atoms with E-state index in [0.717, 1.165) is 11.5 Å². The topological polar surface area (TPSA) is 75.2 Å². The van der Waals surface area contributed by atoms with Crippen molar-refractivity contribution in [1.29, 1.82) is 0 Å². The van der Waals surface area contributed by atoms with Crippen LogP contribution in [0.5, 0.6) is 0 Å². The number of likely N-dealkylation sites (tertiary alicyclic amines) is 1. The molecule has 0 unspecified atom stereocenters. The molecule has 1 aliphatic heterocycles. The highest BCUT2D eigenvalue weighted by atomic mass is 32.1. The zero-order valence-corrected chi connectivity index (χ0v) is 14.7. The molecule has 0 aliphatic carbocycles. The van der Waals surface area contributed by atoms with Gasteiger partial charge in [-0.15, -0.1) is 5.10 Å². The highest BCUT2D eigenvalue weighted by Crippen LogP contribution is 2.24. The Kier molecular flexibility index (Phi) is 5.33. The molecule has 8 heteroatoms. The number of nitrogens with one attached hydrogen (secondary N) is 1. The summed E-state index contributed by atoms with van der Waals surface area (Å²) < 4.78 is 17.5. The number of hydrogen-bond acceptors (Lipinski definition) is 5. The molecule has 1 fully saturated rings. The SMILES string of the molecule is Cc1nnsc1C(=O)N1C[C@@H](F)C[C@H]1CNC(=O)CC(C)(C)C. The number of aromatic nitrogens is 2. The molecule has 0 spiro atoms. The Morgan fingerprint density at radius 2 is 2.13 bits per heavy atom. The van der Waals surface area contributed by atoms with Crippen LogP contribution in [0.25, 0.3) is 0 Å². The highest BCUT2D eigenvalue weighted by Gasteiger charge is 2.37. The number of amides is 2. The largest absolute Gasteiger partial charge is 0.354 e. The van der Waals surface area contributed by atoms with Crippen molar-refractivity contribution < 1.29 is 14.0 Å². The van der Waals surface area contributed by atoms with Gasteiger partial charge in [-0.2, -0.15) is 0 Å². The average molecular weight is 342 g/mol. The second kappa shape index (κ2) is 6.90. The molecule has 1 saturated heterocycles. The Labute approximate surface area is 139 Å². The fourth-order valence-electron chi connectivity index (χ4n) is 2.64. The first-order valence-corrected chi connectivity index (χ1v) is 8.45. The van der Waals surface area contributed by atoms with Crippen molar-refractivity contribution in [1.82, 2.24) is 19.8 Å². The Bertz CT molecular complexity index is 584. The van der Waals surface area contributed by atoms with Crippen molar-refractivity contribution in [3.8, 4) is 0 Å². The zero-order valence-electron chi connectivity index (χ0n) is 13.9. The predicted octanol–water partition coefficient (Wildman–Crippen LogP) is 1.95. The third-order valence-corrected chi connectivity index (χ3v) is 4.51. The maximum absolute atomic E-state index is 13.8. The van der Waals surface area contributed by atoms with Crippen LogP contribution >= 0.6 is 11.5 Å². The van der Waals surface area contributed by atoms with Crippen LogP contribution in [-0.4, -0.2) is 51.6 Å². The smallest absolute Gasteiger partial charge is 0.267 e. The van der Waals surface area contributed by atoms with E-state index >= 15 is 0 Å². The third kappa shape index (κ3) is 4.70. The molecule has 1 aromatic heterocycles. The van der Waals surface area contributed by atoms with E-state index in [1.165, 1.54) is 4.90 Å². The molecular weight excluding hydrogens is 319 g/mol. The summed E-state index contributed by atoms with van der Waals surface area (Å²) in [4.78, 5) is 26.4. The van der Waals surface area contributed by atoms with Crippen LogP contribution in [0.3, 0.4) is 0 Å². The molecule has 1 aromatic rings. The van der Waals surface area contributed by atoms with Crippen LogP contribution in [0.15, 0.2) is 0 Å². The number of alkyl halides is 1. The first kappa shape index (κ1) is 17.8. The molecule has 2 amide bonds. The van der Waals surface area contributed by atoms with E-state index in [2.05, 4.69) is 14.9 Å². The van der Waals surface area contributed by atoms with Gasteiger partial charge in [0.2, 0.25) is 5.91 Å². The van der Waals surface area contributed by atoms with E-state index < -0.39 is 6.17 Å². The molecule has 2 rings (SSSR count). The van der Waals surface area contributed by atoms with Gasteiger partial charge in [0, 0.05) is 19.4 Å². The first-order chi connectivity index (χ1) is 10.7. The number of carbonyl (C=O) groups is 2. The fraction of sp³-hybridized carbons (Fsp3) is 0.733. The molecule has 6 nitrogen and oxygen atoms in total. The van der Waals surface area contributed by atoms with E-state index in [0.29, 0.717) is 17.0 Å². The molecular formula is C15H23FN4O2S. The third-order valence-electron chi connectivity index (χ3n) is 3.70. The summed E-state index contributed by atoms with van der Waals surface area (Å²) in [5.41, 5.74) is 0.446. The van der Waals surface area contributed by atoms with Gasteiger partial charge in [-0.3, -0.25) is 9.59 Å². The lowest BCUT2D eigenvalue weighted by Crippen LogP contribution is -2.43. The second-order valence-corrected chi connectivity index (χ2v) is 7.93. The van der Waals surface area contributed by atoms with Gasteiger partial charge >= 0.3 is 0 Å². The average Bonchev–Trinajstić information content (AvgIpc) is 2.99. The van der Waals surface area contributed by atoms with E-state index in [1.54, 1.807) is 6.92 Å². The van der Waals surface area contributed by atoms with Gasteiger partial charge in [0.05, 0.1) is 18.3 Å². The summed E-state index contributed by atoms with van der Waals surface area (Å²) >= 11 is 1.02. The van der Waals surface area contributed by atoms with Crippen LogP contribution in [0.4, 0.5) is 4.39 Å². The molecule has 0 bridgehead atoms. The van der Waals surface area contributed by atoms with E-state index in [4.69, 9.17) is 0 Å². The molecule has 0 aromatic carbocycles. The maximum atomic E-state index is 13.8. The summed E-state index contributed by atoms with van der Waals surface area (Å²) in [5.74, 6) is -0.337. The highest BCUT2D eigenvalue weighted by molar-refractivity contribution is 7.07. The molecule has 2 atom stereocenters. The minimum absolute atomic E-state index is 0.0516. The van der Waals surface area contributed by atoms with Crippen LogP contribution in [0.1, 0.15) is 49.0 Å². The summed E-state index contributed by atoms with van der Waals surface area (Å²) in [6.07, 6.45) is -0.429. The van der Waals surface area contributed by atoms with Gasteiger partial charge in [-0.25, -0.2) is 4.39 Å². The van der Waals surface area contributed by atoms with E-state index in [-0.39, 0.29) is 42.8 Å². The van der Waals surface area contributed by atoms with Crippen molar-refractivity contribution in [3.63, 3.8) is 0 Å². The number of carbonyl (C=O) groups excluding carboxylic acids is 2. The molecule has 0 saturated carbocycles. The van der Waals surface area contributed by atoms with Gasteiger partial charge in [-0.1, -0.05) is 25.3 Å². The standard InChI is InChI=1S/C15H23FN4O2S/c1-9-13(23-19-18-9)14(22)20-8-10(16)5-11(20)7-17-12(21)6-15(2,3)4/h10-11H,5-8H2,1-4H3,(H,17,21)/t10-,11-/m0/s1. The number of halogens is 1. The summed E-state index contributed by atoms with van der Waals surface area (Å²) in [5, 5.41) is 6.64. The summed E-state index contributed by atoms with van der Waals surface area (Å²) in [7, 11) is 0. The number of hydrogen-bond donors (Lipinski definition) is 1. The lowest BCUT2D eigenvalue weighted by molar-refractivity contribution is -0.123. The fourth-order valence-corrected chi connectivity index (χ4v) is 3.25.